The number of rotatable bonds is 3. The molecular formula is C10H13N5O2. The van der Waals surface area contributed by atoms with Gasteiger partial charge in [-0.2, -0.15) is 4.98 Å². The summed E-state index contributed by atoms with van der Waals surface area (Å²) in [6, 6.07) is 0. The molecule has 0 radical (unpaired) electrons. The molecule has 0 aliphatic heterocycles. The third kappa shape index (κ3) is 1.73. The Bertz CT molecular complexity index is 676. The number of fused-ring (bicyclic) bond motifs is 1. The molecule has 7 nitrogen and oxygen atoms in total. The Kier molecular flexibility index (Phi) is 2.07. The van der Waals surface area contributed by atoms with Gasteiger partial charge in [0.1, 0.15) is 0 Å². The van der Waals surface area contributed by atoms with Crippen LogP contribution in [-0.4, -0.2) is 26.1 Å². The minimum absolute atomic E-state index is 0.324. The number of aromatic amines is 2. The second kappa shape index (κ2) is 3.47. The van der Waals surface area contributed by atoms with Crippen LogP contribution in [0.2, 0.25) is 0 Å². The molecule has 0 amide bonds. The quantitative estimate of drug-likeness (QED) is 0.684. The van der Waals surface area contributed by atoms with Crippen LogP contribution in [0.25, 0.3) is 11.2 Å². The Labute approximate surface area is 95.9 Å². The fourth-order valence-electron chi connectivity index (χ4n) is 1.75. The Morgan fingerprint density at radius 1 is 1.41 bits per heavy atom. The largest absolute Gasteiger partial charge is 0.355 e. The summed E-state index contributed by atoms with van der Waals surface area (Å²) in [4.78, 5) is 32.2. The van der Waals surface area contributed by atoms with Gasteiger partial charge in [-0.15, -0.1) is 0 Å². The molecule has 0 unspecified atom stereocenters. The van der Waals surface area contributed by atoms with Gasteiger partial charge in [0.15, 0.2) is 11.2 Å². The maximum absolute atomic E-state index is 11.5. The number of hydrogen-bond donors (Lipinski definition) is 3. The summed E-state index contributed by atoms with van der Waals surface area (Å²) in [7, 11) is 1.58. The second-order valence-corrected chi connectivity index (χ2v) is 4.43. The molecule has 1 aliphatic carbocycles. The molecule has 0 saturated heterocycles. The van der Waals surface area contributed by atoms with E-state index in [1.54, 1.807) is 7.05 Å². The van der Waals surface area contributed by atoms with Gasteiger partial charge in [-0.25, -0.2) is 4.79 Å². The van der Waals surface area contributed by atoms with E-state index in [1.165, 1.54) is 17.4 Å². The Morgan fingerprint density at radius 2 is 2.18 bits per heavy atom. The lowest BCUT2D eigenvalue weighted by Crippen LogP contribution is -2.28. The van der Waals surface area contributed by atoms with E-state index >= 15 is 0 Å². The topological polar surface area (TPSA) is 95.6 Å². The van der Waals surface area contributed by atoms with Crippen LogP contribution in [0.15, 0.2) is 9.59 Å². The molecule has 7 heteroatoms. The lowest BCUT2D eigenvalue weighted by Gasteiger charge is -1.98. The molecule has 0 aromatic carbocycles. The number of H-pyrrole nitrogens is 2. The Morgan fingerprint density at radius 3 is 2.88 bits per heavy atom. The van der Waals surface area contributed by atoms with Gasteiger partial charge >= 0.3 is 5.69 Å². The van der Waals surface area contributed by atoms with Crippen LogP contribution in [0.5, 0.6) is 0 Å². The van der Waals surface area contributed by atoms with Crippen molar-refractivity contribution in [2.24, 2.45) is 13.0 Å². The van der Waals surface area contributed by atoms with E-state index in [9.17, 15) is 9.59 Å². The third-order valence-electron chi connectivity index (χ3n) is 3.01. The monoisotopic (exact) mass is 235 g/mol. The Balaban J connectivity index is 2.04. The van der Waals surface area contributed by atoms with Crippen LogP contribution in [0, 0.1) is 5.92 Å². The standard InChI is InChI=1S/C10H13N5O2/c1-15-7-6(8(16)14-10(15)17)12-9(13-7)11-4-5-2-3-5/h5H,2-4H2,1H3,(H2,11,12,13)(H,14,16,17). The highest BCUT2D eigenvalue weighted by molar-refractivity contribution is 5.72. The zero-order valence-electron chi connectivity index (χ0n) is 9.41. The first kappa shape index (κ1) is 10.1. The molecule has 3 N–H and O–H groups in total. The lowest BCUT2D eigenvalue weighted by atomic mass is 10.4. The summed E-state index contributed by atoms with van der Waals surface area (Å²) in [6.45, 7) is 0.853. The zero-order chi connectivity index (χ0) is 12.0. The molecule has 2 aromatic heterocycles. The molecule has 17 heavy (non-hydrogen) atoms. The minimum Gasteiger partial charge on any atom is -0.355 e. The highest BCUT2D eigenvalue weighted by Crippen LogP contribution is 2.28. The van der Waals surface area contributed by atoms with Gasteiger partial charge in [-0.05, 0) is 18.8 Å². The average molecular weight is 235 g/mol. The van der Waals surface area contributed by atoms with Crippen LogP contribution in [-0.2, 0) is 7.05 Å². The van der Waals surface area contributed by atoms with Gasteiger partial charge in [-0.3, -0.25) is 14.3 Å². The predicted molar refractivity (Wildman–Crippen MR) is 63.2 cm³/mol. The number of imidazole rings is 1. The molecule has 2 aromatic rings. The van der Waals surface area contributed by atoms with Gasteiger partial charge in [0.25, 0.3) is 5.56 Å². The molecule has 0 spiro atoms. The third-order valence-corrected chi connectivity index (χ3v) is 3.01. The van der Waals surface area contributed by atoms with E-state index in [-0.39, 0.29) is 0 Å². The number of nitrogens with zero attached hydrogens (tertiary/aromatic N) is 2. The number of aryl methyl sites for hydroxylation is 1. The summed E-state index contributed by atoms with van der Waals surface area (Å²) in [5.74, 6) is 1.25. The lowest BCUT2D eigenvalue weighted by molar-refractivity contribution is 0.831. The van der Waals surface area contributed by atoms with Crippen molar-refractivity contribution in [2.45, 2.75) is 12.8 Å². The number of hydrogen-bond acceptors (Lipinski definition) is 4. The van der Waals surface area contributed by atoms with Gasteiger partial charge < -0.3 is 10.3 Å². The van der Waals surface area contributed by atoms with Crippen molar-refractivity contribution >= 4 is 17.1 Å². The van der Waals surface area contributed by atoms with Crippen molar-refractivity contribution in [3.63, 3.8) is 0 Å². The fourth-order valence-corrected chi connectivity index (χ4v) is 1.75. The van der Waals surface area contributed by atoms with Crippen LogP contribution < -0.4 is 16.6 Å². The van der Waals surface area contributed by atoms with Gasteiger partial charge in [0, 0.05) is 13.6 Å². The average Bonchev–Trinajstić information content (AvgIpc) is 3.02. The van der Waals surface area contributed by atoms with E-state index in [2.05, 4.69) is 20.3 Å². The summed E-state index contributed by atoms with van der Waals surface area (Å²) >= 11 is 0. The highest BCUT2D eigenvalue weighted by Gasteiger charge is 2.21. The van der Waals surface area contributed by atoms with E-state index in [4.69, 9.17) is 0 Å². The van der Waals surface area contributed by atoms with Crippen molar-refractivity contribution < 1.29 is 0 Å². The van der Waals surface area contributed by atoms with Crippen LogP contribution in [0.1, 0.15) is 12.8 Å². The Hall–Kier alpha value is -2.05. The predicted octanol–water partition coefficient (Wildman–Crippen LogP) is -0.228. The number of nitrogens with one attached hydrogen (secondary N) is 3. The first-order valence-electron chi connectivity index (χ1n) is 5.58. The van der Waals surface area contributed by atoms with E-state index in [0.717, 1.165) is 6.54 Å². The van der Waals surface area contributed by atoms with Crippen LogP contribution >= 0.6 is 0 Å². The van der Waals surface area contributed by atoms with Crippen molar-refractivity contribution in [3.8, 4) is 0 Å². The van der Waals surface area contributed by atoms with Gasteiger partial charge in [0.2, 0.25) is 5.95 Å². The summed E-state index contributed by atoms with van der Waals surface area (Å²) < 4.78 is 1.32. The van der Waals surface area contributed by atoms with Crippen molar-refractivity contribution in [1.29, 1.82) is 0 Å². The van der Waals surface area contributed by atoms with Crippen LogP contribution in [0.3, 0.4) is 0 Å². The van der Waals surface area contributed by atoms with E-state index in [1.807, 2.05) is 0 Å². The fraction of sp³-hybridized carbons (Fsp3) is 0.500. The first-order chi connectivity index (χ1) is 8.15. The van der Waals surface area contributed by atoms with Crippen molar-refractivity contribution in [3.05, 3.63) is 20.8 Å². The summed E-state index contributed by atoms with van der Waals surface area (Å²) in [6.07, 6.45) is 2.48. The molecule has 1 saturated carbocycles. The molecule has 1 fully saturated rings. The molecular weight excluding hydrogens is 222 g/mol. The first-order valence-corrected chi connectivity index (χ1v) is 5.58. The van der Waals surface area contributed by atoms with Crippen molar-refractivity contribution in [2.75, 3.05) is 11.9 Å². The maximum atomic E-state index is 11.5. The highest BCUT2D eigenvalue weighted by atomic mass is 16.2. The number of aromatic nitrogens is 4. The van der Waals surface area contributed by atoms with Gasteiger partial charge in [-0.1, -0.05) is 0 Å². The molecule has 0 atom stereocenters. The normalized spacial score (nSPS) is 15.4. The molecule has 2 heterocycles. The SMILES string of the molecule is Cn1c(=O)[nH]c(=O)c2[nH]c(NCC3CC3)nc21. The smallest absolute Gasteiger partial charge is 0.329 e. The summed E-state index contributed by atoms with van der Waals surface area (Å²) in [5, 5.41) is 3.14. The molecule has 1 aliphatic rings. The zero-order valence-corrected chi connectivity index (χ0v) is 9.41. The van der Waals surface area contributed by atoms with E-state index < -0.39 is 11.2 Å². The van der Waals surface area contributed by atoms with Gasteiger partial charge in [0.05, 0.1) is 0 Å². The van der Waals surface area contributed by atoms with Crippen LogP contribution in [0.4, 0.5) is 5.95 Å². The second-order valence-electron chi connectivity index (χ2n) is 4.43. The number of anilines is 1. The minimum atomic E-state index is -0.456. The van der Waals surface area contributed by atoms with Crippen molar-refractivity contribution in [1.82, 2.24) is 19.5 Å². The summed E-state index contributed by atoms with van der Waals surface area (Å²) in [5.41, 5.74) is -0.194. The molecule has 0 bridgehead atoms. The molecule has 3 rings (SSSR count). The molecule has 90 valence electrons. The maximum Gasteiger partial charge on any atom is 0.329 e. The van der Waals surface area contributed by atoms with E-state index in [0.29, 0.717) is 23.0 Å².